The number of hydrogen-bond acceptors (Lipinski definition) is 7. The van der Waals surface area contributed by atoms with Gasteiger partial charge in [-0.25, -0.2) is 4.39 Å². The van der Waals surface area contributed by atoms with Gasteiger partial charge in [0.05, 0.1) is 18.5 Å². The largest absolute Gasteiger partial charge is 0.462 e. The second kappa shape index (κ2) is 10.7. The van der Waals surface area contributed by atoms with Crippen molar-refractivity contribution >= 4 is 22.6 Å². The average Bonchev–Trinajstić information content (AvgIpc) is 3.50. The molecule has 0 radical (unpaired) electrons. The number of amides is 1. The van der Waals surface area contributed by atoms with Crippen molar-refractivity contribution in [2.24, 2.45) is 5.92 Å². The van der Waals surface area contributed by atoms with Crippen molar-refractivity contribution in [1.82, 2.24) is 19.8 Å². The molecule has 1 aromatic heterocycles. The molecular formula is C33H35FN6O2. The third kappa shape index (κ3) is 4.58. The van der Waals surface area contributed by atoms with Crippen molar-refractivity contribution in [1.29, 1.82) is 5.26 Å². The topological polar surface area (TPSA) is 85.6 Å². The van der Waals surface area contributed by atoms with Gasteiger partial charge in [-0.3, -0.25) is 4.79 Å². The van der Waals surface area contributed by atoms with Crippen LogP contribution in [0.3, 0.4) is 0 Å². The fourth-order valence-electron chi connectivity index (χ4n) is 7.28. The first-order chi connectivity index (χ1) is 20.5. The number of rotatable bonds is 7. The second-order valence-corrected chi connectivity index (χ2v) is 12.1. The Bertz CT molecular complexity index is 1620. The number of aromatic nitrogens is 2. The van der Waals surface area contributed by atoms with E-state index in [-0.39, 0.29) is 41.8 Å². The molecule has 42 heavy (non-hydrogen) atoms. The van der Waals surface area contributed by atoms with Crippen LogP contribution in [0.25, 0.3) is 22.0 Å². The summed E-state index contributed by atoms with van der Waals surface area (Å²) in [6, 6.07) is 12.3. The van der Waals surface area contributed by atoms with Crippen LogP contribution in [0, 0.1) is 23.1 Å². The summed E-state index contributed by atoms with van der Waals surface area (Å²) in [6.07, 6.45) is 5.85. The molecule has 3 heterocycles. The SMILES string of the molecule is C=CC(=O)N1CCN(c2nc(OC[C@@H]3CCCN3C)nc3c(F)c(-c4cccc5c4CC4CC54)ccc23)C[C@@H]1CC#N. The van der Waals surface area contributed by atoms with Crippen LogP contribution in [0.4, 0.5) is 10.2 Å². The number of benzene rings is 2. The predicted molar refractivity (Wildman–Crippen MR) is 159 cm³/mol. The van der Waals surface area contributed by atoms with Crippen LogP contribution < -0.4 is 9.64 Å². The Morgan fingerprint density at radius 3 is 2.86 bits per heavy atom. The van der Waals surface area contributed by atoms with Gasteiger partial charge in [-0.05, 0) is 79.9 Å². The number of anilines is 1. The van der Waals surface area contributed by atoms with Crippen molar-refractivity contribution in [2.45, 2.75) is 50.1 Å². The van der Waals surface area contributed by atoms with Gasteiger partial charge in [0, 0.05) is 36.6 Å². The van der Waals surface area contributed by atoms with Gasteiger partial charge in [0.15, 0.2) is 5.82 Å². The van der Waals surface area contributed by atoms with Crippen molar-refractivity contribution in [3.05, 3.63) is 59.9 Å². The fraction of sp³-hybridized carbons (Fsp3) is 0.455. The third-order valence-electron chi connectivity index (χ3n) is 9.70. The van der Waals surface area contributed by atoms with E-state index in [0.29, 0.717) is 54.8 Å². The minimum atomic E-state index is -0.373. The lowest BCUT2D eigenvalue weighted by Gasteiger charge is -2.41. The number of likely N-dealkylation sites (N-methyl/N-ethyl adjacent to an activating group) is 1. The van der Waals surface area contributed by atoms with E-state index in [1.54, 1.807) is 4.90 Å². The van der Waals surface area contributed by atoms with Crippen molar-refractivity contribution < 1.29 is 13.9 Å². The molecule has 2 unspecified atom stereocenters. The maximum Gasteiger partial charge on any atom is 0.319 e. The zero-order valence-corrected chi connectivity index (χ0v) is 23.9. The molecule has 2 aromatic carbocycles. The highest BCUT2D eigenvalue weighted by Gasteiger charge is 2.46. The lowest BCUT2D eigenvalue weighted by Crippen LogP contribution is -2.55. The number of halogens is 1. The molecule has 2 aliphatic heterocycles. The van der Waals surface area contributed by atoms with Gasteiger partial charge in [0.1, 0.15) is 17.9 Å². The molecule has 216 valence electrons. The molecule has 1 amide bonds. The number of likely N-dealkylation sites (tertiary alicyclic amines) is 1. The summed E-state index contributed by atoms with van der Waals surface area (Å²) in [6.45, 7) is 6.35. The van der Waals surface area contributed by atoms with Crippen molar-refractivity contribution in [3.63, 3.8) is 0 Å². The second-order valence-electron chi connectivity index (χ2n) is 12.1. The number of nitriles is 1. The maximum absolute atomic E-state index is 16.6. The first kappa shape index (κ1) is 26.8. The monoisotopic (exact) mass is 566 g/mol. The zero-order chi connectivity index (χ0) is 29.0. The molecule has 4 aliphatic rings. The molecule has 7 rings (SSSR count). The predicted octanol–water partition coefficient (Wildman–Crippen LogP) is 4.69. The highest BCUT2D eigenvalue weighted by atomic mass is 19.1. The molecule has 3 aromatic rings. The molecule has 0 N–H and O–H groups in total. The number of ether oxygens (including phenoxy) is 1. The number of fused-ring (bicyclic) bond motifs is 4. The first-order valence-electron chi connectivity index (χ1n) is 15.0. The van der Waals surface area contributed by atoms with Crippen LogP contribution >= 0.6 is 0 Å². The quantitative estimate of drug-likeness (QED) is 0.384. The van der Waals surface area contributed by atoms with E-state index in [2.05, 4.69) is 35.6 Å². The Labute approximate surface area is 245 Å². The van der Waals surface area contributed by atoms with Crippen LogP contribution in [0.1, 0.15) is 42.7 Å². The van der Waals surface area contributed by atoms with E-state index in [1.807, 2.05) is 29.2 Å². The summed E-state index contributed by atoms with van der Waals surface area (Å²) in [5.41, 5.74) is 4.35. The Hall–Kier alpha value is -4.03. The molecule has 0 spiro atoms. The maximum atomic E-state index is 16.6. The van der Waals surface area contributed by atoms with E-state index in [1.165, 1.54) is 23.6 Å². The lowest BCUT2D eigenvalue weighted by atomic mass is 9.93. The smallest absolute Gasteiger partial charge is 0.319 e. The minimum absolute atomic E-state index is 0.148. The van der Waals surface area contributed by atoms with Gasteiger partial charge in [0.25, 0.3) is 0 Å². The van der Waals surface area contributed by atoms with Crippen LogP contribution in [-0.4, -0.2) is 77.6 Å². The molecular weight excluding hydrogens is 531 g/mol. The summed E-state index contributed by atoms with van der Waals surface area (Å²) in [7, 11) is 2.08. The normalized spacial score (nSPS) is 24.8. The van der Waals surface area contributed by atoms with Gasteiger partial charge >= 0.3 is 6.01 Å². The molecule has 8 nitrogen and oxygen atoms in total. The number of piperazine rings is 1. The number of carbonyl (C=O) groups is 1. The van der Waals surface area contributed by atoms with E-state index in [0.717, 1.165) is 31.4 Å². The highest BCUT2D eigenvalue weighted by Crippen LogP contribution is 2.58. The van der Waals surface area contributed by atoms with Gasteiger partial charge in [-0.2, -0.15) is 15.2 Å². The summed E-state index contributed by atoms with van der Waals surface area (Å²) in [4.78, 5) is 27.9. The van der Waals surface area contributed by atoms with Gasteiger partial charge < -0.3 is 19.4 Å². The number of hydrogen-bond donors (Lipinski definition) is 0. The Morgan fingerprint density at radius 1 is 1.19 bits per heavy atom. The summed E-state index contributed by atoms with van der Waals surface area (Å²) in [5, 5.41) is 10.1. The Balaban J connectivity index is 1.29. The highest BCUT2D eigenvalue weighted by molar-refractivity contribution is 5.94. The van der Waals surface area contributed by atoms with Crippen molar-refractivity contribution in [3.8, 4) is 23.2 Å². The Morgan fingerprint density at radius 2 is 2.07 bits per heavy atom. The molecule has 2 aliphatic carbocycles. The van der Waals surface area contributed by atoms with Crippen LogP contribution in [-0.2, 0) is 11.2 Å². The van der Waals surface area contributed by atoms with E-state index in [4.69, 9.17) is 9.72 Å². The summed E-state index contributed by atoms with van der Waals surface area (Å²) < 4.78 is 22.8. The average molecular weight is 567 g/mol. The molecule has 1 saturated carbocycles. The third-order valence-corrected chi connectivity index (χ3v) is 9.70. The van der Waals surface area contributed by atoms with Crippen LogP contribution in [0.5, 0.6) is 6.01 Å². The Kier molecular flexibility index (Phi) is 6.82. The minimum Gasteiger partial charge on any atom is -0.462 e. The molecule has 3 fully saturated rings. The van der Waals surface area contributed by atoms with Gasteiger partial charge in [0.2, 0.25) is 5.91 Å². The number of carbonyl (C=O) groups excluding carboxylic acids is 1. The standard InChI is InChI=1S/C33H35FN6O2/c1-3-29(41)40-15-14-39(18-21(40)11-12-35)32-26-10-9-25(23-7-4-8-24-27-16-20(27)17-28(23)24)30(34)31(26)36-33(37-32)42-19-22-6-5-13-38(22)2/h3-4,7-10,20-22,27H,1,5-6,11,13-19H2,2H3/t20?,21-,22-,27?/m0/s1. The molecule has 2 saturated heterocycles. The first-order valence-corrected chi connectivity index (χ1v) is 15.0. The lowest BCUT2D eigenvalue weighted by molar-refractivity contribution is -0.128. The van der Waals surface area contributed by atoms with E-state index < -0.39 is 0 Å². The molecule has 0 bridgehead atoms. The van der Waals surface area contributed by atoms with E-state index in [9.17, 15) is 10.1 Å². The number of nitrogens with zero attached hydrogens (tertiary/aromatic N) is 6. The van der Waals surface area contributed by atoms with Gasteiger partial charge in [-0.15, -0.1) is 0 Å². The van der Waals surface area contributed by atoms with Crippen LogP contribution in [0.15, 0.2) is 43.0 Å². The van der Waals surface area contributed by atoms with E-state index >= 15 is 4.39 Å². The molecule has 4 atom stereocenters. The fourth-order valence-corrected chi connectivity index (χ4v) is 7.28. The van der Waals surface area contributed by atoms with Crippen molar-refractivity contribution in [2.75, 3.05) is 44.7 Å². The van der Waals surface area contributed by atoms with Crippen LogP contribution in [0.2, 0.25) is 0 Å². The molecule has 9 heteroatoms. The summed E-state index contributed by atoms with van der Waals surface area (Å²) in [5.74, 6) is 1.31. The zero-order valence-electron chi connectivity index (χ0n) is 23.9. The van der Waals surface area contributed by atoms with Gasteiger partial charge in [-0.1, -0.05) is 30.8 Å². The summed E-state index contributed by atoms with van der Waals surface area (Å²) >= 11 is 0.